The predicted octanol–water partition coefficient (Wildman–Crippen LogP) is 0.489. The number of hydrogen-bond donors (Lipinski definition) is 1. The Bertz CT molecular complexity index is 609. The maximum absolute atomic E-state index is 12.3. The minimum absolute atomic E-state index is 0.0192. The van der Waals surface area contributed by atoms with Gasteiger partial charge < -0.3 is 10.6 Å². The van der Waals surface area contributed by atoms with Crippen molar-refractivity contribution in [2.75, 3.05) is 6.54 Å². The molecule has 2 aromatic heterocycles. The molecule has 0 spiro atoms. The van der Waals surface area contributed by atoms with Crippen molar-refractivity contribution in [2.45, 2.75) is 33.5 Å². The van der Waals surface area contributed by atoms with Crippen molar-refractivity contribution in [1.82, 2.24) is 24.9 Å². The van der Waals surface area contributed by atoms with Crippen LogP contribution in [0.5, 0.6) is 0 Å². The van der Waals surface area contributed by atoms with Crippen molar-refractivity contribution in [2.24, 2.45) is 5.73 Å². The summed E-state index contributed by atoms with van der Waals surface area (Å²) in [7, 11) is 0. The van der Waals surface area contributed by atoms with E-state index in [2.05, 4.69) is 15.3 Å². The Morgan fingerprint density at radius 1 is 1.38 bits per heavy atom. The summed E-state index contributed by atoms with van der Waals surface area (Å²) in [6.07, 6.45) is 1.69. The van der Waals surface area contributed by atoms with E-state index in [9.17, 15) is 4.79 Å². The largest absolute Gasteiger partial charge is 0.335 e. The number of aromatic nitrogens is 4. The zero-order valence-corrected chi connectivity index (χ0v) is 12.4. The van der Waals surface area contributed by atoms with Crippen molar-refractivity contribution in [3.63, 3.8) is 0 Å². The van der Waals surface area contributed by atoms with Crippen LogP contribution in [0.1, 0.15) is 24.0 Å². The molecule has 21 heavy (non-hydrogen) atoms. The van der Waals surface area contributed by atoms with Crippen molar-refractivity contribution in [3.05, 3.63) is 41.5 Å². The van der Waals surface area contributed by atoms with Gasteiger partial charge in [-0.15, -0.1) is 5.10 Å². The summed E-state index contributed by atoms with van der Waals surface area (Å²) in [6.45, 7) is 5.47. The van der Waals surface area contributed by atoms with E-state index in [1.165, 1.54) is 4.68 Å². The van der Waals surface area contributed by atoms with Crippen LogP contribution in [0.25, 0.3) is 0 Å². The molecule has 112 valence electrons. The summed E-state index contributed by atoms with van der Waals surface area (Å²) in [5.74, 6) is -0.0192. The van der Waals surface area contributed by atoms with E-state index in [1.54, 1.807) is 11.1 Å². The first kappa shape index (κ1) is 15.1. The van der Waals surface area contributed by atoms with Gasteiger partial charge in [-0.1, -0.05) is 11.3 Å². The Hall–Kier alpha value is -2.28. The summed E-state index contributed by atoms with van der Waals surface area (Å²) in [5, 5.41) is 7.76. The molecule has 0 fully saturated rings. The number of hydrogen-bond acceptors (Lipinski definition) is 5. The van der Waals surface area contributed by atoms with Gasteiger partial charge in [-0.25, -0.2) is 4.68 Å². The van der Waals surface area contributed by atoms with Crippen molar-refractivity contribution < 1.29 is 4.79 Å². The lowest BCUT2D eigenvalue weighted by Gasteiger charge is -2.20. The topological polar surface area (TPSA) is 89.9 Å². The minimum Gasteiger partial charge on any atom is -0.335 e. The zero-order valence-electron chi connectivity index (χ0n) is 12.4. The van der Waals surface area contributed by atoms with E-state index in [0.717, 1.165) is 11.4 Å². The molecule has 0 unspecified atom stereocenters. The second-order valence-electron chi connectivity index (χ2n) is 4.79. The molecule has 7 nitrogen and oxygen atoms in total. The van der Waals surface area contributed by atoms with Crippen LogP contribution >= 0.6 is 0 Å². The van der Waals surface area contributed by atoms with Gasteiger partial charge in [-0.2, -0.15) is 0 Å². The molecule has 2 N–H and O–H groups in total. The fraction of sp³-hybridized carbons (Fsp3) is 0.429. The maximum atomic E-state index is 12.3. The normalized spacial score (nSPS) is 10.6. The number of aryl methyl sites for hydroxylation is 1. The number of carbonyl (C=O) groups is 1. The van der Waals surface area contributed by atoms with Crippen molar-refractivity contribution >= 4 is 5.91 Å². The average molecular weight is 288 g/mol. The third kappa shape index (κ3) is 4.09. The molecule has 2 heterocycles. The number of nitrogens with two attached hydrogens (primary N) is 1. The molecule has 0 atom stereocenters. The number of nitrogens with zero attached hydrogens (tertiary/aromatic N) is 5. The lowest BCUT2D eigenvalue weighted by Crippen LogP contribution is -2.33. The lowest BCUT2D eigenvalue weighted by atomic mass is 10.3. The Kier molecular flexibility index (Phi) is 4.99. The maximum Gasteiger partial charge on any atom is 0.244 e. The number of likely N-dealkylation sites (N-methyl/N-ethyl adjacent to an activating group) is 1. The van der Waals surface area contributed by atoms with Gasteiger partial charge in [0.25, 0.3) is 0 Å². The van der Waals surface area contributed by atoms with Gasteiger partial charge in [0.05, 0.1) is 24.1 Å². The minimum atomic E-state index is -0.0192. The van der Waals surface area contributed by atoms with Crippen LogP contribution in [0.3, 0.4) is 0 Å². The fourth-order valence-electron chi connectivity index (χ4n) is 2.01. The SMILES string of the molecule is CCN(Cc1cccc(C)n1)C(=O)Cn1cc(CN)nn1. The molecular formula is C14H20N6O. The van der Waals surface area contributed by atoms with E-state index >= 15 is 0 Å². The van der Waals surface area contributed by atoms with Crippen LogP contribution in [0.15, 0.2) is 24.4 Å². The first-order valence-corrected chi connectivity index (χ1v) is 6.91. The van der Waals surface area contributed by atoms with Gasteiger partial charge in [0.1, 0.15) is 6.54 Å². The van der Waals surface area contributed by atoms with Gasteiger partial charge in [-0.05, 0) is 26.0 Å². The molecule has 2 aromatic rings. The summed E-state index contributed by atoms with van der Waals surface area (Å²) >= 11 is 0. The van der Waals surface area contributed by atoms with Crippen LogP contribution in [-0.4, -0.2) is 37.3 Å². The van der Waals surface area contributed by atoms with E-state index < -0.39 is 0 Å². The molecule has 0 saturated carbocycles. The molecule has 0 saturated heterocycles. The molecule has 0 radical (unpaired) electrons. The quantitative estimate of drug-likeness (QED) is 0.835. The second-order valence-corrected chi connectivity index (χ2v) is 4.79. The fourth-order valence-corrected chi connectivity index (χ4v) is 2.01. The highest BCUT2D eigenvalue weighted by Crippen LogP contribution is 2.05. The molecule has 0 aliphatic heterocycles. The number of amides is 1. The molecule has 0 aliphatic carbocycles. The van der Waals surface area contributed by atoms with Gasteiger partial charge in [0.15, 0.2) is 0 Å². The summed E-state index contributed by atoms with van der Waals surface area (Å²) in [4.78, 5) is 18.5. The lowest BCUT2D eigenvalue weighted by molar-refractivity contribution is -0.132. The highest BCUT2D eigenvalue weighted by Gasteiger charge is 2.14. The standard InChI is InChI=1S/C14H20N6O/c1-3-19(8-12-6-4-5-11(2)16-12)14(21)10-20-9-13(7-15)17-18-20/h4-6,9H,3,7-8,10,15H2,1-2H3. The summed E-state index contributed by atoms with van der Waals surface area (Å²) < 4.78 is 1.51. The van der Waals surface area contributed by atoms with E-state index in [-0.39, 0.29) is 12.5 Å². The van der Waals surface area contributed by atoms with Gasteiger partial charge in [-0.3, -0.25) is 9.78 Å². The van der Waals surface area contributed by atoms with E-state index in [4.69, 9.17) is 5.73 Å². The smallest absolute Gasteiger partial charge is 0.244 e. The van der Waals surface area contributed by atoms with E-state index in [0.29, 0.717) is 25.3 Å². The first-order chi connectivity index (χ1) is 10.1. The Morgan fingerprint density at radius 2 is 2.19 bits per heavy atom. The van der Waals surface area contributed by atoms with Crippen LogP contribution < -0.4 is 5.73 Å². The average Bonchev–Trinajstić information content (AvgIpc) is 2.92. The molecular weight excluding hydrogens is 268 g/mol. The Morgan fingerprint density at radius 3 is 2.81 bits per heavy atom. The zero-order chi connectivity index (χ0) is 15.2. The molecule has 1 amide bonds. The molecule has 0 aromatic carbocycles. The highest BCUT2D eigenvalue weighted by molar-refractivity contribution is 5.75. The third-order valence-corrected chi connectivity index (χ3v) is 3.13. The monoisotopic (exact) mass is 288 g/mol. The van der Waals surface area contributed by atoms with Crippen LogP contribution in [0, 0.1) is 6.92 Å². The van der Waals surface area contributed by atoms with Gasteiger partial charge in [0.2, 0.25) is 5.91 Å². The van der Waals surface area contributed by atoms with E-state index in [1.807, 2.05) is 32.0 Å². The third-order valence-electron chi connectivity index (χ3n) is 3.13. The Balaban J connectivity index is 2.01. The predicted molar refractivity (Wildman–Crippen MR) is 78.0 cm³/mol. The van der Waals surface area contributed by atoms with Gasteiger partial charge >= 0.3 is 0 Å². The summed E-state index contributed by atoms with van der Waals surface area (Å²) in [6, 6.07) is 5.80. The van der Waals surface area contributed by atoms with Crippen LogP contribution in [0.4, 0.5) is 0 Å². The Labute approximate surface area is 123 Å². The van der Waals surface area contributed by atoms with Crippen LogP contribution in [0.2, 0.25) is 0 Å². The first-order valence-electron chi connectivity index (χ1n) is 6.91. The summed E-state index contributed by atoms with van der Waals surface area (Å²) in [5.41, 5.74) is 7.97. The number of rotatable bonds is 6. The molecule has 7 heteroatoms. The van der Waals surface area contributed by atoms with Crippen molar-refractivity contribution in [1.29, 1.82) is 0 Å². The molecule has 0 bridgehead atoms. The number of carbonyl (C=O) groups excluding carboxylic acids is 1. The second kappa shape index (κ2) is 6.94. The number of pyridine rings is 1. The van der Waals surface area contributed by atoms with Crippen molar-refractivity contribution in [3.8, 4) is 0 Å². The molecule has 0 aliphatic rings. The highest BCUT2D eigenvalue weighted by atomic mass is 16.2. The van der Waals surface area contributed by atoms with Gasteiger partial charge in [0, 0.05) is 18.8 Å². The van der Waals surface area contributed by atoms with Crippen LogP contribution in [-0.2, 0) is 24.4 Å². The molecule has 2 rings (SSSR count).